The number of hydrogen-bond donors (Lipinski definition) is 0. The van der Waals surface area contributed by atoms with Crippen LogP contribution in [0.5, 0.6) is 17.2 Å². The van der Waals surface area contributed by atoms with Crippen LogP contribution in [0.3, 0.4) is 0 Å². The van der Waals surface area contributed by atoms with E-state index in [9.17, 15) is 4.79 Å². The molecule has 1 atom stereocenters. The summed E-state index contributed by atoms with van der Waals surface area (Å²) in [7, 11) is 4.60. The van der Waals surface area contributed by atoms with Crippen LogP contribution in [0.15, 0.2) is 30.3 Å². The quantitative estimate of drug-likeness (QED) is 0.799. The number of ether oxygens (including phenoxy) is 4. The molecular formula is C17H15ClO5. The topological polar surface area (TPSA) is 54.0 Å². The number of methoxy groups -OCH3 is 3. The van der Waals surface area contributed by atoms with Crippen molar-refractivity contribution in [2.24, 2.45) is 0 Å². The monoisotopic (exact) mass is 334 g/mol. The fraction of sp³-hybridized carbons (Fsp3) is 0.235. The molecule has 0 radical (unpaired) electrons. The van der Waals surface area contributed by atoms with Gasteiger partial charge in [-0.3, -0.25) is 0 Å². The van der Waals surface area contributed by atoms with Gasteiger partial charge in [0.25, 0.3) is 0 Å². The standard InChI is InChI=1S/C17H15ClO5/c1-20-9-7-11(15(22-3)12(18)8-9)16-14-10(17(19)23-16)5-4-6-13(14)21-2/h4-8,16H,1-3H3. The Morgan fingerprint density at radius 1 is 1.09 bits per heavy atom. The fourth-order valence-corrected chi connectivity index (χ4v) is 3.03. The number of benzene rings is 2. The Balaban J connectivity index is 2.23. The Hall–Kier alpha value is -2.40. The number of halogens is 1. The van der Waals surface area contributed by atoms with Crippen molar-refractivity contribution >= 4 is 17.6 Å². The fourth-order valence-electron chi connectivity index (χ4n) is 2.74. The normalized spacial score (nSPS) is 15.8. The lowest BCUT2D eigenvalue weighted by atomic mass is 9.97. The Morgan fingerprint density at radius 3 is 2.52 bits per heavy atom. The van der Waals surface area contributed by atoms with E-state index < -0.39 is 12.1 Å². The van der Waals surface area contributed by atoms with Crippen LogP contribution in [-0.2, 0) is 4.74 Å². The molecule has 0 saturated heterocycles. The average molecular weight is 335 g/mol. The molecule has 0 fully saturated rings. The van der Waals surface area contributed by atoms with Crippen LogP contribution in [0.25, 0.3) is 0 Å². The highest BCUT2D eigenvalue weighted by atomic mass is 35.5. The van der Waals surface area contributed by atoms with Crippen molar-refractivity contribution in [2.45, 2.75) is 6.10 Å². The van der Waals surface area contributed by atoms with Gasteiger partial charge >= 0.3 is 5.97 Å². The van der Waals surface area contributed by atoms with Crippen LogP contribution < -0.4 is 14.2 Å². The van der Waals surface area contributed by atoms with Gasteiger partial charge in [0.15, 0.2) is 6.10 Å². The lowest BCUT2D eigenvalue weighted by molar-refractivity contribution is 0.0450. The maximum absolute atomic E-state index is 12.2. The third kappa shape index (κ3) is 2.47. The van der Waals surface area contributed by atoms with Gasteiger partial charge in [0, 0.05) is 11.6 Å². The number of esters is 1. The predicted molar refractivity (Wildman–Crippen MR) is 84.8 cm³/mol. The molecule has 3 rings (SSSR count). The summed E-state index contributed by atoms with van der Waals surface area (Å²) in [6.45, 7) is 0. The summed E-state index contributed by atoms with van der Waals surface area (Å²) in [6, 6.07) is 8.61. The first-order valence-electron chi connectivity index (χ1n) is 6.90. The Bertz CT molecular complexity index is 772. The molecule has 1 aliphatic heterocycles. The van der Waals surface area contributed by atoms with Gasteiger partial charge in [-0.15, -0.1) is 0 Å². The maximum atomic E-state index is 12.2. The molecule has 23 heavy (non-hydrogen) atoms. The Morgan fingerprint density at radius 2 is 1.87 bits per heavy atom. The van der Waals surface area contributed by atoms with Gasteiger partial charge in [0.1, 0.15) is 17.2 Å². The zero-order valence-electron chi connectivity index (χ0n) is 12.9. The highest BCUT2D eigenvalue weighted by Gasteiger charge is 2.37. The summed E-state index contributed by atoms with van der Waals surface area (Å²) in [5, 5.41) is 0.376. The smallest absolute Gasteiger partial charge is 0.339 e. The van der Waals surface area contributed by atoms with Gasteiger partial charge in [0.05, 0.1) is 37.5 Å². The number of carbonyl (C=O) groups excluding carboxylic acids is 1. The summed E-state index contributed by atoms with van der Waals surface area (Å²) in [4.78, 5) is 12.2. The number of fused-ring (bicyclic) bond motifs is 1. The van der Waals surface area contributed by atoms with E-state index in [1.165, 1.54) is 14.2 Å². The first kappa shape index (κ1) is 15.5. The van der Waals surface area contributed by atoms with Crippen LogP contribution in [0, 0.1) is 0 Å². The predicted octanol–water partition coefficient (Wildman–Crippen LogP) is 3.63. The summed E-state index contributed by atoms with van der Waals surface area (Å²) in [6.07, 6.45) is -0.670. The minimum atomic E-state index is -0.670. The summed E-state index contributed by atoms with van der Waals surface area (Å²) < 4.78 is 21.6. The van der Waals surface area contributed by atoms with E-state index in [1.807, 2.05) is 0 Å². The minimum absolute atomic E-state index is 0.376. The first-order chi connectivity index (χ1) is 11.1. The molecule has 0 aromatic heterocycles. The molecule has 1 aliphatic rings. The average Bonchev–Trinajstić information content (AvgIpc) is 2.91. The third-order valence-electron chi connectivity index (χ3n) is 3.76. The SMILES string of the molecule is COc1cc(Cl)c(OC)c(C2OC(=O)c3cccc(OC)c32)c1. The summed E-state index contributed by atoms with van der Waals surface area (Å²) in [5.41, 5.74) is 1.73. The highest BCUT2D eigenvalue weighted by Crippen LogP contribution is 2.47. The van der Waals surface area contributed by atoms with Gasteiger partial charge < -0.3 is 18.9 Å². The Labute approximate surface area is 138 Å². The van der Waals surface area contributed by atoms with Crippen molar-refractivity contribution in [1.82, 2.24) is 0 Å². The summed E-state index contributed by atoms with van der Waals surface area (Å²) >= 11 is 6.25. The molecule has 0 spiro atoms. The van der Waals surface area contributed by atoms with Crippen molar-refractivity contribution in [3.05, 3.63) is 52.0 Å². The van der Waals surface area contributed by atoms with Crippen LogP contribution in [0.1, 0.15) is 27.6 Å². The molecule has 0 bridgehead atoms. The molecule has 2 aromatic carbocycles. The molecular weight excluding hydrogens is 320 g/mol. The first-order valence-corrected chi connectivity index (χ1v) is 7.27. The van der Waals surface area contributed by atoms with E-state index in [4.69, 9.17) is 30.5 Å². The lowest BCUT2D eigenvalue weighted by Crippen LogP contribution is -2.05. The van der Waals surface area contributed by atoms with E-state index in [-0.39, 0.29) is 0 Å². The minimum Gasteiger partial charge on any atom is -0.497 e. The Kier molecular flexibility index (Phi) is 4.05. The van der Waals surface area contributed by atoms with Gasteiger partial charge in [-0.05, 0) is 18.2 Å². The molecule has 1 unspecified atom stereocenters. The van der Waals surface area contributed by atoms with E-state index in [0.717, 1.165) is 0 Å². The number of hydrogen-bond acceptors (Lipinski definition) is 5. The second-order valence-electron chi connectivity index (χ2n) is 4.94. The summed E-state index contributed by atoms with van der Waals surface area (Å²) in [5.74, 6) is 1.14. The molecule has 1 heterocycles. The zero-order valence-corrected chi connectivity index (χ0v) is 13.6. The van der Waals surface area contributed by atoms with Gasteiger partial charge in [-0.1, -0.05) is 17.7 Å². The second kappa shape index (κ2) is 6.01. The maximum Gasteiger partial charge on any atom is 0.339 e. The molecule has 0 saturated carbocycles. The molecule has 5 nitrogen and oxygen atoms in total. The number of rotatable bonds is 4. The van der Waals surface area contributed by atoms with Crippen molar-refractivity contribution in [2.75, 3.05) is 21.3 Å². The second-order valence-corrected chi connectivity index (χ2v) is 5.35. The van der Waals surface area contributed by atoms with E-state index in [0.29, 0.717) is 39.0 Å². The van der Waals surface area contributed by atoms with Crippen molar-refractivity contribution in [1.29, 1.82) is 0 Å². The van der Waals surface area contributed by atoms with Gasteiger partial charge in [0.2, 0.25) is 0 Å². The third-order valence-corrected chi connectivity index (χ3v) is 4.04. The molecule has 2 aromatic rings. The zero-order chi connectivity index (χ0) is 16.6. The van der Waals surface area contributed by atoms with Gasteiger partial charge in [-0.25, -0.2) is 4.79 Å². The highest BCUT2D eigenvalue weighted by molar-refractivity contribution is 6.32. The van der Waals surface area contributed by atoms with E-state index in [1.54, 1.807) is 37.4 Å². The molecule has 6 heteroatoms. The van der Waals surface area contributed by atoms with Crippen molar-refractivity contribution in [3.8, 4) is 17.2 Å². The molecule has 0 amide bonds. The number of carbonyl (C=O) groups is 1. The van der Waals surface area contributed by atoms with Crippen molar-refractivity contribution < 1.29 is 23.7 Å². The lowest BCUT2D eigenvalue weighted by Gasteiger charge is -2.18. The number of cyclic esters (lactones) is 1. The molecule has 120 valence electrons. The van der Waals surface area contributed by atoms with Crippen LogP contribution in [0.4, 0.5) is 0 Å². The van der Waals surface area contributed by atoms with Crippen LogP contribution >= 0.6 is 11.6 Å². The van der Waals surface area contributed by atoms with Crippen molar-refractivity contribution in [3.63, 3.8) is 0 Å². The van der Waals surface area contributed by atoms with Gasteiger partial charge in [-0.2, -0.15) is 0 Å². The van der Waals surface area contributed by atoms with Crippen LogP contribution in [-0.4, -0.2) is 27.3 Å². The van der Waals surface area contributed by atoms with E-state index in [2.05, 4.69) is 0 Å². The molecule has 0 aliphatic carbocycles. The molecule has 0 N–H and O–H groups in total. The largest absolute Gasteiger partial charge is 0.497 e. The van der Waals surface area contributed by atoms with Crippen LogP contribution in [0.2, 0.25) is 5.02 Å². The van der Waals surface area contributed by atoms with E-state index >= 15 is 0 Å².